The molecule has 122 valence electrons. The molecule has 22 heavy (non-hydrogen) atoms. The summed E-state index contributed by atoms with van der Waals surface area (Å²) in [7, 11) is 0. The second-order valence-electron chi connectivity index (χ2n) is 5.51. The highest BCUT2D eigenvalue weighted by atomic mass is 35.5. The Morgan fingerprint density at radius 1 is 1.32 bits per heavy atom. The summed E-state index contributed by atoms with van der Waals surface area (Å²) in [6.45, 7) is 6.18. The second kappa shape index (κ2) is 8.76. The third-order valence-electron chi connectivity index (χ3n) is 3.20. The van der Waals surface area contributed by atoms with Crippen LogP contribution in [0.4, 0.5) is 5.69 Å². The van der Waals surface area contributed by atoms with E-state index in [1.165, 1.54) is 6.07 Å². The van der Waals surface area contributed by atoms with Crippen molar-refractivity contribution in [3.05, 3.63) is 28.8 Å². The fourth-order valence-electron chi connectivity index (χ4n) is 1.78. The van der Waals surface area contributed by atoms with E-state index in [9.17, 15) is 14.7 Å². The Morgan fingerprint density at radius 2 is 2.00 bits per heavy atom. The number of amides is 2. The number of rotatable bonds is 7. The van der Waals surface area contributed by atoms with Gasteiger partial charge in [0.2, 0.25) is 5.91 Å². The summed E-state index contributed by atoms with van der Waals surface area (Å²) < 4.78 is 0. The van der Waals surface area contributed by atoms with Crippen molar-refractivity contribution in [2.24, 2.45) is 5.92 Å². The minimum absolute atomic E-state index is 0.0163. The lowest BCUT2D eigenvalue weighted by Gasteiger charge is -2.15. The monoisotopic (exact) mass is 326 g/mol. The molecule has 1 aromatic rings. The normalized spacial score (nSPS) is 12.1. The van der Waals surface area contributed by atoms with Crippen molar-refractivity contribution in [1.29, 1.82) is 0 Å². The molecule has 0 bridgehead atoms. The van der Waals surface area contributed by atoms with Crippen LogP contribution < -0.4 is 10.6 Å². The van der Waals surface area contributed by atoms with E-state index in [0.29, 0.717) is 22.8 Å². The maximum atomic E-state index is 12.1. The first kappa shape index (κ1) is 18.5. The van der Waals surface area contributed by atoms with E-state index in [-0.39, 0.29) is 24.2 Å². The standard InChI is InChI=1S/C16H23ClN2O3/c1-4-7-18-16(22)12-6-5-11(17)8-13(12)19-15(21)9-14(20)10(2)3/h5-6,8,10,14,20H,4,7,9H2,1-3H3,(H,18,22)(H,19,21). The zero-order chi connectivity index (χ0) is 16.7. The van der Waals surface area contributed by atoms with Crippen molar-refractivity contribution >= 4 is 29.1 Å². The number of carbonyl (C=O) groups is 2. The van der Waals surface area contributed by atoms with Gasteiger partial charge in [0, 0.05) is 11.6 Å². The van der Waals surface area contributed by atoms with E-state index in [1.54, 1.807) is 12.1 Å². The predicted molar refractivity (Wildman–Crippen MR) is 88.2 cm³/mol. The van der Waals surface area contributed by atoms with Gasteiger partial charge in [-0.25, -0.2) is 0 Å². The van der Waals surface area contributed by atoms with Crippen LogP contribution in [0.2, 0.25) is 5.02 Å². The first-order valence-electron chi connectivity index (χ1n) is 7.40. The van der Waals surface area contributed by atoms with E-state index < -0.39 is 6.10 Å². The van der Waals surface area contributed by atoms with Gasteiger partial charge >= 0.3 is 0 Å². The van der Waals surface area contributed by atoms with Crippen LogP contribution in [0, 0.1) is 5.92 Å². The molecule has 0 aliphatic heterocycles. The van der Waals surface area contributed by atoms with Crippen LogP contribution in [0.1, 0.15) is 44.0 Å². The topological polar surface area (TPSA) is 78.4 Å². The van der Waals surface area contributed by atoms with E-state index in [1.807, 2.05) is 20.8 Å². The first-order chi connectivity index (χ1) is 10.3. The Kier molecular flexibility index (Phi) is 7.35. The third-order valence-corrected chi connectivity index (χ3v) is 3.44. The Bertz CT molecular complexity index is 532. The van der Waals surface area contributed by atoms with E-state index >= 15 is 0 Å². The molecule has 6 heteroatoms. The molecule has 3 N–H and O–H groups in total. The molecule has 1 aromatic carbocycles. The molecule has 2 amide bonds. The van der Waals surface area contributed by atoms with Gasteiger partial charge in [-0.1, -0.05) is 32.4 Å². The number of hydrogen-bond acceptors (Lipinski definition) is 3. The number of halogens is 1. The smallest absolute Gasteiger partial charge is 0.253 e. The van der Waals surface area contributed by atoms with Gasteiger partial charge in [0.1, 0.15) is 0 Å². The first-order valence-corrected chi connectivity index (χ1v) is 7.78. The molecule has 0 spiro atoms. The molecule has 0 saturated heterocycles. The quantitative estimate of drug-likeness (QED) is 0.721. The van der Waals surface area contributed by atoms with Crippen LogP contribution in [-0.2, 0) is 4.79 Å². The Labute approximate surface area is 136 Å². The van der Waals surface area contributed by atoms with Crippen LogP contribution in [-0.4, -0.2) is 29.6 Å². The molecule has 0 saturated carbocycles. The zero-order valence-electron chi connectivity index (χ0n) is 13.1. The molecule has 1 rings (SSSR count). The van der Waals surface area contributed by atoms with Crippen LogP contribution in [0.3, 0.4) is 0 Å². The van der Waals surface area contributed by atoms with E-state index in [0.717, 1.165) is 6.42 Å². The lowest BCUT2D eigenvalue weighted by atomic mass is 10.0. The minimum atomic E-state index is -0.725. The molecule has 0 fully saturated rings. The van der Waals surface area contributed by atoms with Crippen molar-refractivity contribution in [3.63, 3.8) is 0 Å². The molecule has 0 aromatic heterocycles. The zero-order valence-corrected chi connectivity index (χ0v) is 13.9. The number of anilines is 1. The molecule has 0 aliphatic carbocycles. The molecular formula is C16H23ClN2O3. The molecule has 0 radical (unpaired) electrons. The Morgan fingerprint density at radius 3 is 2.59 bits per heavy atom. The summed E-state index contributed by atoms with van der Waals surface area (Å²) in [5, 5.41) is 15.6. The van der Waals surface area contributed by atoms with Crippen LogP contribution in [0.15, 0.2) is 18.2 Å². The van der Waals surface area contributed by atoms with Crippen molar-refractivity contribution in [1.82, 2.24) is 5.32 Å². The van der Waals surface area contributed by atoms with Gasteiger partial charge in [-0.15, -0.1) is 0 Å². The maximum Gasteiger partial charge on any atom is 0.253 e. The number of carbonyl (C=O) groups excluding carboxylic acids is 2. The highest BCUT2D eigenvalue weighted by Gasteiger charge is 2.17. The summed E-state index contributed by atoms with van der Waals surface area (Å²) in [5.41, 5.74) is 0.701. The van der Waals surface area contributed by atoms with E-state index in [2.05, 4.69) is 10.6 Å². The van der Waals surface area contributed by atoms with Crippen molar-refractivity contribution < 1.29 is 14.7 Å². The molecule has 5 nitrogen and oxygen atoms in total. The van der Waals surface area contributed by atoms with Gasteiger partial charge in [-0.3, -0.25) is 9.59 Å². The van der Waals surface area contributed by atoms with Gasteiger partial charge in [-0.2, -0.15) is 0 Å². The van der Waals surface area contributed by atoms with Crippen molar-refractivity contribution in [3.8, 4) is 0 Å². The van der Waals surface area contributed by atoms with Gasteiger partial charge in [0.05, 0.1) is 23.8 Å². The lowest BCUT2D eigenvalue weighted by Crippen LogP contribution is -2.27. The van der Waals surface area contributed by atoms with Crippen LogP contribution >= 0.6 is 11.6 Å². The number of nitrogens with one attached hydrogen (secondary N) is 2. The highest BCUT2D eigenvalue weighted by molar-refractivity contribution is 6.31. The van der Waals surface area contributed by atoms with Gasteiger partial charge < -0.3 is 15.7 Å². The van der Waals surface area contributed by atoms with Crippen LogP contribution in [0.5, 0.6) is 0 Å². The lowest BCUT2D eigenvalue weighted by molar-refractivity contribution is -0.118. The third kappa shape index (κ3) is 5.66. The van der Waals surface area contributed by atoms with Gasteiger partial charge in [0.25, 0.3) is 5.91 Å². The highest BCUT2D eigenvalue weighted by Crippen LogP contribution is 2.22. The fraction of sp³-hybridized carbons (Fsp3) is 0.500. The average molecular weight is 327 g/mol. The molecular weight excluding hydrogens is 304 g/mol. The summed E-state index contributed by atoms with van der Waals surface area (Å²) in [6, 6.07) is 4.70. The minimum Gasteiger partial charge on any atom is -0.392 e. The fourth-order valence-corrected chi connectivity index (χ4v) is 1.95. The van der Waals surface area contributed by atoms with Gasteiger partial charge in [-0.05, 0) is 30.5 Å². The number of hydrogen-bond donors (Lipinski definition) is 3. The van der Waals surface area contributed by atoms with E-state index in [4.69, 9.17) is 11.6 Å². The molecule has 0 aliphatic rings. The SMILES string of the molecule is CCCNC(=O)c1ccc(Cl)cc1NC(=O)CC(O)C(C)C. The van der Waals surface area contributed by atoms with Crippen molar-refractivity contribution in [2.75, 3.05) is 11.9 Å². The summed E-state index contributed by atoms with van der Waals surface area (Å²) in [6.07, 6.45) is 0.0680. The maximum absolute atomic E-state index is 12.1. The number of aliphatic hydroxyl groups is 1. The largest absolute Gasteiger partial charge is 0.392 e. The second-order valence-corrected chi connectivity index (χ2v) is 5.95. The molecule has 1 unspecified atom stereocenters. The average Bonchev–Trinajstić information content (AvgIpc) is 2.44. The summed E-state index contributed by atoms with van der Waals surface area (Å²) in [4.78, 5) is 24.1. The molecule has 1 atom stereocenters. The van der Waals surface area contributed by atoms with Crippen LogP contribution in [0.25, 0.3) is 0 Å². The Balaban J connectivity index is 2.86. The predicted octanol–water partition coefficient (Wildman–Crippen LogP) is 2.83. The Hall–Kier alpha value is -1.59. The molecule has 0 heterocycles. The van der Waals surface area contributed by atoms with Crippen molar-refractivity contribution in [2.45, 2.75) is 39.7 Å². The number of benzene rings is 1. The summed E-state index contributed by atoms with van der Waals surface area (Å²) >= 11 is 5.93. The summed E-state index contributed by atoms with van der Waals surface area (Å²) in [5.74, 6) is -0.635. The number of aliphatic hydroxyl groups excluding tert-OH is 1. The van der Waals surface area contributed by atoms with Gasteiger partial charge in [0.15, 0.2) is 0 Å².